The minimum atomic E-state index is 0.0358. The Morgan fingerprint density at radius 3 is 2.81 bits per heavy atom. The average molecular weight is 371 g/mol. The second-order valence-electron chi connectivity index (χ2n) is 7.40. The lowest BCUT2D eigenvalue weighted by Crippen LogP contribution is -3.11. The van der Waals surface area contributed by atoms with Gasteiger partial charge in [-0.1, -0.05) is 0 Å². The van der Waals surface area contributed by atoms with E-state index >= 15 is 0 Å². The van der Waals surface area contributed by atoms with E-state index in [9.17, 15) is 4.79 Å². The van der Waals surface area contributed by atoms with Gasteiger partial charge in [0.2, 0.25) is 0 Å². The molecule has 27 heavy (non-hydrogen) atoms. The quantitative estimate of drug-likeness (QED) is 0.846. The fourth-order valence-corrected chi connectivity index (χ4v) is 4.15. The fourth-order valence-electron chi connectivity index (χ4n) is 4.15. The molecule has 3 heterocycles. The predicted octanol–water partition coefficient (Wildman–Crippen LogP) is 1.17. The highest BCUT2D eigenvalue weighted by Crippen LogP contribution is 2.33. The minimum absolute atomic E-state index is 0.0358. The van der Waals surface area contributed by atoms with Gasteiger partial charge in [-0.3, -0.25) is 9.48 Å². The molecule has 2 aliphatic heterocycles. The van der Waals surface area contributed by atoms with Gasteiger partial charge in [0.25, 0.3) is 5.91 Å². The summed E-state index contributed by atoms with van der Waals surface area (Å²) in [5.41, 5.74) is 3.87. The summed E-state index contributed by atoms with van der Waals surface area (Å²) in [7, 11) is 1.89. The van der Waals surface area contributed by atoms with E-state index in [1.807, 2.05) is 27.0 Å². The first-order valence-corrected chi connectivity index (χ1v) is 9.57. The molecule has 0 spiro atoms. The van der Waals surface area contributed by atoms with Crippen LogP contribution in [-0.4, -0.2) is 42.0 Å². The predicted molar refractivity (Wildman–Crippen MR) is 101 cm³/mol. The van der Waals surface area contributed by atoms with Crippen molar-refractivity contribution < 1.29 is 19.2 Å². The Hall–Kier alpha value is -2.54. The number of amides is 1. The van der Waals surface area contributed by atoms with Crippen LogP contribution in [0.2, 0.25) is 0 Å². The first-order valence-electron chi connectivity index (χ1n) is 9.57. The van der Waals surface area contributed by atoms with Crippen LogP contribution in [-0.2, 0) is 11.8 Å². The van der Waals surface area contributed by atoms with Gasteiger partial charge in [-0.05, 0) is 32.0 Å². The first-order chi connectivity index (χ1) is 13.0. The molecule has 1 aromatic heterocycles. The van der Waals surface area contributed by atoms with Crippen LogP contribution in [0.1, 0.15) is 35.8 Å². The normalized spacial score (nSPS) is 21.3. The van der Waals surface area contributed by atoms with E-state index in [2.05, 4.69) is 22.5 Å². The molecule has 1 amide bonds. The molecule has 1 fully saturated rings. The lowest BCUT2D eigenvalue weighted by Gasteiger charge is -2.24. The number of nitrogens with zero attached hydrogens (tertiary/aromatic N) is 2. The molecule has 0 saturated carbocycles. The molecule has 0 aliphatic carbocycles. The number of carbonyl (C=O) groups excluding carboxylic acids is 1. The lowest BCUT2D eigenvalue weighted by molar-refractivity contribution is -0.910. The number of ether oxygens (including phenoxy) is 2. The van der Waals surface area contributed by atoms with Crippen molar-refractivity contribution in [2.75, 3.05) is 31.6 Å². The largest absolute Gasteiger partial charge is 0.486 e. The second-order valence-corrected chi connectivity index (χ2v) is 7.40. The SMILES string of the molecule is Cc1nn(C)c(C)c1NC(=O)C[NH+]1CCC[C@H]1c1ccc2c(c1)OCCO2. The van der Waals surface area contributed by atoms with Gasteiger partial charge < -0.3 is 19.7 Å². The van der Waals surface area contributed by atoms with Gasteiger partial charge in [-0.15, -0.1) is 0 Å². The van der Waals surface area contributed by atoms with E-state index in [0.29, 0.717) is 25.8 Å². The number of benzene rings is 1. The van der Waals surface area contributed by atoms with Crippen LogP contribution in [0.5, 0.6) is 11.5 Å². The molecular weight excluding hydrogens is 344 g/mol. The third kappa shape index (κ3) is 3.51. The van der Waals surface area contributed by atoms with E-state index < -0.39 is 0 Å². The van der Waals surface area contributed by atoms with Crippen molar-refractivity contribution in [2.24, 2.45) is 7.05 Å². The van der Waals surface area contributed by atoms with Gasteiger partial charge in [-0.25, -0.2) is 0 Å². The van der Waals surface area contributed by atoms with E-state index in [4.69, 9.17) is 9.47 Å². The number of anilines is 1. The summed E-state index contributed by atoms with van der Waals surface area (Å²) in [5, 5.41) is 7.43. The molecule has 4 rings (SSSR count). The molecule has 2 atom stereocenters. The third-order valence-electron chi connectivity index (χ3n) is 5.61. The molecule has 2 N–H and O–H groups in total. The standard InChI is InChI=1S/C20H26N4O3/c1-13-20(14(2)23(3)22-13)21-19(25)12-24-8-4-5-16(24)15-6-7-17-18(11-15)27-10-9-26-17/h6-7,11,16H,4-5,8-10,12H2,1-3H3,(H,21,25)/p+1/t16-/m0/s1. The Morgan fingerprint density at radius 1 is 1.30 bits per heavy atom. The molecule has 2 aromatic rings. The number of quaternary nitrogens is 1. The van der Waals surface area contributed by atoms with E-state index in [0.717, 1.165) is 48.0 Å². The van der Waals surface area contributed by atoms with Crippen molar-refractivity contribution in [3.63, 3.8) is 0 Å². The zero-order valence-corrected chi connectivity index (χ0v) is 16.2. The molecule has 0 radical (unpaired) electrons. The monoisotopic (exact) mass is 371 g/mol. The molecule has 7 nitrogen and oxygen atoms in total. The van der Waals surface area contributed by atoms with Crippen molar-refractivity contribution in [1.29, 1.82) is 0 Å². The molecule has 0 bridgehead atoms. The van der Waals surface area contributed by atoms with E-state index in [1.165, 1.54) is 10.5 Å². The number of fused-ring (bicyclic) bond motifs is 1. The van der Waals surface area contributed by atoms with Gasteiger partial charge in [-0.2, -0.15) is 5.10 Å². The molecule has 1 unspecified atom stereocenters. The Morgan fingerprint density at radius 2 is 2.07 bits per heavy atom. The number of carbonyl (C=O) groups is 1. The van der Waals surface area contributed by atoms with Crippen molar-refractivity contribution in [2.45, 2.75) is 32.7 Å². The van der Waals surface area contributed by atoms with Crippen LogP contribution >= 0.6 is 0 Å². The fraction of sp³-hybridized carbons (Fsp3) is 0.500. The molecule has 7 heteroatoms. The van der Waals surface area contributed by atoms with E-state index in [-0.39, 0.29) is 5.91 Å². The van der Waals surface area contributed by atoms with Crippen molar-refractivity contribution in [1.82, 2.24) is 9.78 Å². The minimum Gasteiger partial charge on any atom is -0.486 e. The Labute approximate surface area is 159 Å². The van der Waals surface area contributed by atoms with Gasteiger partial charge in [0.15, 0.2) is 18.0 Å². The molecule has 144 valence electrons. The number of likely N-dealkylation sites (tertiary alicyclic amines) is 1. The second kappa shape index (κ2) is 7.23. The highest BCUT2D eigenvalue weighted by atomic mass is 16.6. The number of hydrogen-bond donors (Lipinski definition) is 2. The topological polar surface area (TPSA) is 69.8 Å². The summed E-state index contributed by atoms with van der Waals surface area (Å²) in [6.45, 7) is 6.52. The number of aryl methyl sites for hydroxylation is 2. The molecule has 1 aromatic carbocycles. The Kier molecular flexibility index (Phi) is 4.78. The maximum atomic E-state index is 12.7. The van der Waals surface area contributed by atoms with Crippen LogP contribution in [0.15, 0.2) is 18.2 Å². The zero-order valence-electron chi connectivity index (χ0n) is 16.2. The van der Waals surface area contributed by atoms with Crippen LogP contribution < -0.4 is 19.7 Å². The van der Waals surface area contributed by atoms with Gasteiger partial charge >= 0.3 is 0 Å². The summed E-state index contributed by atoms with van der Waals surface area (Å²) in [6, 6.07) is 6.49. The molecule has 1 saturated heterocycles. The van der Waals surface area contributed by atoms with Crippen LogP contribution in [0.25, 0.3) is 0 Å². The van der Waals surface area contributed by atoms with Crippen LogP contribution in [0.3, 0.4) is 0 Å². The first kappa shape index (κ1) is 17.9. The highest BCUT2D eigenvalue weighted by molar-refractivity contribution is 5.92. The number of rotatable bonds is 4. The molecular formula is C20H27N4O3+. The number of nitrogens with one attached hydrogen (secondary N) is 2. The Balaban J connectivity index is 1.46. The van der Waals surface area contributed by atoms with Gasteiger partial charge in [0, 0.05) is 25.5 Å². The maximum Gasteiger partial charge on any atom is 0.279 e. The third-order valence-corrected chi connectivity index (χ3v) is 5.61. The lowest BCUT2D eigenvalue weighted by atomic mass is 10.0. The van der Waals surface area contributed by atoms with E-state index in [1.54, 1.807) is 4.68 Å². The van der Waals surface area contributed by atoms with Crippen molar-refractivity contribution >= 4 is 11.6 Å². The Bertz CT molecular complexity index is 861. The van der Waals surface area contributed by atoms with Crippen molar-refractivity contribution in [3.05, 3.63) is 35.2 Å². The smallest absolute Gasteiger partial charge is 0.279 e. The molecule has 2 aliphatic rings. The van der Waals surface area contributed by atoms with Crippen molar-refractivity contribution in [3.8, 4) is 11.5 Å². The maximum absolute atomic E-state index is 12.7. The van der Waals surface area contributed by atoms with Gasteiger partial charge in [0.1, 0.15) is 19.3 Å². The van der Waals surface area contributed by atoms with Gasteiger partial charge in [0.05, 0.1) is 23.6 Å². The highest BCUT2D eigenvalue weighted by Gasteiger charge is 2.32. The summed E-state index contributed by atoms with van der Waals surface area (Å²) < 4.78 is 13.1. The zero-order chi connectivity index (χ0) is 19.0. The number of hydrogen-bond acceptors (Lipinski definition) is 4. The average Bonchev–Trinajstić information content (AvgIpc) is 3.21. The summed E-state index contributed by atoms with van der Waals surface area (Å²) in [6.07, 6.45) is 2.19. The number of aromatic nitrogens is 2. The summed E-state index contributed by atoms with van der Waals surface area (Å²) in [5.74, 6) is 1.66. The summed E-state index contributed by atoms with van der Waals surface area (Å²) in [4.78, 5) is 14.0. The summed E-state index contributed by atoms with van der Waals surface area (Å²) >= 11 is 0. The van der Waals surface area contributed by atoms with Crippen LogP contribution in [0, 0.1) is 13.8 Å². The van der Waals surface area contributed by atoms with Crippen LogP contribution in [0.4, 0.5) is 5.69 Å².